The Bertz CT molecular complexity index is 429. The van der Waals surface area contributed by atoms with Crippen LogP contribution in [0, 0.1) is 0 Å². The summed E-state index contributed by atoms with van der Waals surface area (Å²) in [6.07, 6.45) is 0.0751. The molecule has 0 heterocycles. The molecule has 4 nitrogen and oxygen atoms in total. The van der Waals surface area contributed by atoms with Crippen molar-refractivity contribution in [2.24, 2.45) is 0 Å². The summed E-state index contributed by atoms with van der Waals surface area (Å²) in [5, 5.41) is 9.79. The molecule has 0 unspecified atom stereocenters. The van der Waals surface area contributed by atoms with Crippen molar-refractivity contribution < 1.29 is 13.5 Å². The van der Waals surface area contributed by atoms with Crippen LogP contribution in [0.15, 0.2) is 24.3 Å². The highest BCUT2D eigenvalue weighted by Crippen LogP contribution is 2.27. The fourth-order valence-corrected chi connectivity index (χ4v) is 2.12. The Balaban J connectivity index is 2.95. The van der Waals surface area contributed by atoms with Gasteiger partial charge in [0.2, 0.25) is 0 Å². The predicted molar refractivity (Wildman–Crippen MR) is 68.5 cm³/mol. The molecule has 15 heavy (non-hydrogen) atoms. The molecule has 1 rings (SSSR count). The molecule has 2 atom stereocenters. The van der Waals surface area contributed by atoms with Crippen LogP contribution >= 0.6 is 22.6 Å². The smallest absolute Gasteiger partial charge is 0.162 e. The molecule has 1 aromatic carbocycles. The van der Waals surface area contributed by atoms with Gasteiger partial charge >= 0.3 is 0 Å². The van der Waals surface area contributed by atoms with Gasteiger partial charge in [-0.15, -0.1) is 0 Å². The van der Waals surface area contributed by atoms with Crippen LogP contribution in [0.2, 0.25) is 0 Å². The van der Waals surface area contributed by atoms with E-state index in [1.165, 1.54) is 0 Å². The van der Waals surface area contributed by atoms with Crippen molar-refractivity contribution in [2.75, 3.05) is 12.0 Å². The van der Waals surface area contributed by atoms with Crippen LogP contribution in [0.25, 0.3) is 0 Å². The van der Waals surface area contributed by atoms with Gasteiger partial charge < -0.3 is 10.8 Å². The molecule has 0 aromatic heterocycles. The zero-order valence-corrected chi connectivity index (χ0v) is 11.1. The summed E-state index contributed by atoms with van der Waals surface area (Å²) in [5.74, 6) is 0. The third-order valence-corrected chi connectivity index (χ3v) is 6.46. The third-order valence-electron chi connectivity index (χ3n) is 1.94. The largest absolute Gasteiger partial charge is 0.399 e. The van der Waals surface area contributed by atoms with E-state index in [1.54, 1.807) is 46.9 Å². The Hall–Kier alpha value is -0.340. The highest BCUT2D eigenvalue weighted by Gasteiger charge is 2.26. The van der Waals surface area contributed by atoms with Gasteiger partial charge in [-0.1, -0.05) is 34.7 Å². The molecule has 1 aromatic rings. The summed E-state index contributed by atoms with van der Waals surface area (Å²) in [4.78, 5) is 0. The summed E-state index contributed by atoms with van der Waals surface area (Å²) in [5.41, 5.74) is 6.62. The monoisotopic (exact) mass is 341 g/mol. The number of aliphatic hydroxyl groups is 1. The van der Waals surface area contributed by atoms with Crippen molar-refractivity contribution in [3.05, 3.63) is 29.8 Å². The molecule has 0 amide bonds. The van der Waals surface area contributed by atoms with E-state index in [9.17, 15) is 13.5 Å². The number of nitrogens with two attached hydrogens (primary N) is 1. The number of hydrogen-bond acceptors (Lipinski definition) is 4. The predicted octanol–water partition coefficient (Wildman–Crippen LogP) is 1.11. The number of hydrogen-bond donors (Lipinski definition) is 2. The SMILES string of the molecule is CS(=O)(=O)[C@@H](I)[C@H](O)c1ccc(N)cc1. The molecule has 0 fully saturated rings. The van der Waals surface area contributed by atoms with Crippen LogP contribution in [0.4, 0.5) is 5.69 Å². The first-order valence-corrected chi connectivity index (χ1v) is 7.39. The van der Waals surface area contributed by atoms with Crippen molar-refractivity contribution in [1.29, 1.82) is 0 Å². The number of anilines is 1. The van der Waals surface area contributed by atoms with Crippen LogP contribution in [-0.2, 0) is 9.84 Å². The van der Waals surface area contributed by atoms with Gasteiger partial charge in [-0.05, 0) is 17.7 Å². The molecule has 0 aliphatic rings. The molecule has 0 aliphatic carbocycles. The second kappa shape index (κ2) is 4.67. The Morgan fingerprint density at radius 3 is 2.20 bits per heavy atom. The number of alkyl halides is 1. The maximum Gasteiger partial charge on any atom is 0.162 e. The quantitative estimate of drug-likeness (QED) is 0.490. The van der Waals surface area contributed by atoms with E-state index in [0.717, 1.165) is 6.26 Å². The van der Waals surface area contributed by atoms with Crippen molar-refractivity contribution in [3.63, 3.8) is 0 Å². The van der Waals surface area contributed by atoms with Crippen LogP contribution in [0.3, 0.4) is 0 Å². The van der Waals surface area contributed by atoms with Gasteiger partial charge in [0.15, 0.2) is 9.84 Å². The topological polar surface area (TPSA) is 80.4 Å². The van der Waals surface area contributed by atoms with E-state index in [1.807, 2.05) is 0 Å². The zero-order chi connectivity index (χ0) is 11.6. The molecule has 84 valence electrons. The Labute approximate surface area is 103 Å². The van der Waals surface area contributed by atoms with Gasteiger partial charge in [-0.3, -0.25) is 0 Å². The molecule has 0 radical (unpaired) electrons. The lowest BCUT2D eigenvalue weighted by atomic mass is 10.1. The second-order valence-corrected chi connectivity index (χ2v) is 7.65. The second-order valence-electron chi connectivity index (χ2n) is 3.29. The Morgan fingerprint density at radius 2 is 1.80 bits per heavy atom. The average Bonchev–Trinajstić information content (AvgIpc) is 2.15. The summed E-state index contributed by atoms with van der Waals surface area (Å²) in [6.45, 7) is 0. The molecule has 0 spiro atoms. The first-order valence-electron chi connectivity index (χ1n) is 4.19. The highest BCUT2D eigenvalue weighted by molar-refractivity contribution is 14.1. The van der Waals surface area contributed by atoms with Crippen molar-refractivity contribution >= 4 is 38.1 Å². The number of rotatable bonds is 3. The zero-order valence-electron chi connectivity index (χ0n) is 8.09. The van der Waals surface area contributed by atoms with E-state index >= 15 is 0 Å². The van der Waals surface area contributed by atoms with Gasteiger partial charge in [-0.25, -0.2) is 8.42 Å². The van der Waals surface area contributed by atoms with Crippen LogP contribution in [0.5, 0.6) is 0 Å². The van der Waals surface area contributed by atoms with Gasteiger partial charge in [-0.2, -0.15) is 0 Å². The maximum atomic E-state index is 11.2. The molecule has 0 bridgehead atoms. The number of aliphatic hydroxyl groups excluding tert-OH is 1. The fourth-order valence-electron chi connectivity index (χ4n) is 1.08. The van der Waals surface area contributed by atoms with Gasteiger partial charge in [0.05, 0.1) is 0 Å². The lowest BCUT2D eigenvalue weighted by molar-refractivity contribution is 0.197. The first-order chi connectivity index (χ1) is 6.82. The first kappa shape index (κ1) is 12.7. The standard InChI is InChI=1S/C9H12INO3S/c1-15(13,14)9(10)8(12)6-2-4-7(11)5-3-6/h2-5,8-9,12H,11H2,1H3/t8-,9-/m1/s1. The van der Waals surface area contributed by atoms with Crippen LogP contribution < -0.4 is 5.73 Å². The molecule has 3 N–H and O–H groups in total. The molecule has 6 heteroatoms. The van der Waals surface area contributed by atoms with Crippen LogP contribution in [0.1, 0.15) is 11.7 Å². The number of nitrogen functional groups attached to an aromatic ring is 1. The lowest BCUT2D eigenvalue weighted by Gasteiger charge is -2.16. The molecule has 0 saturated heterocycles. The fraction of sp³-hybridized carbons (Fsp3) is 0.333. The summed E-state index contributed by atoms with van der Waals surface area (Å²) >= 11 is 1.72. The van der Waals surface area contributed by atoms with Gasteiger partial charge in [0, 0.05) is 11.9 Å². The van der Waals surface area contributed by atoms with Crippen molar-refractivity contribution in [3.8, 4) is 0 Å². The van der Waals surface area contributed by atoms with E-state index in [0.29, 0.717) is 11.3 Å². The molecular weight excluding hydrogens is 329 g/mol. The summed E-state index contributed by atoms with van der Waals surface area (Å²) in [6, 6.07) is 6.50. The minimum Gasteiger partial charge on any atom is -0.399 e. The van der Waals surface area contributed by atoms with E-state index < -0.39 is 19.2 Å². The van der Waals surface area contributed by atoms with Crippen LogP contribution in [-0.4, -0.2) is 23.0 Å². The minimum absolute atomic E-state index is 0.550. The number of benzene rings is 1. The number of halogens is 1. The normalized spacial score (nSPS) is 15.9. The van der Waals surface area contributed by atoms with E-state index in [4.69, 9.17) is 5.73 Å². The Morgan fingerprint density at radius 1 is 1.33 bits per heavy atom. The van der Waals surface area contributed by atoms with E-state index in [2.05, 4.69) is 0 Å². The maximum absolute atomic E-state index is 11.2. The van der Waals surface area contributed by atoms with Gasteiger partial charge in [0.25, 0.3) is 0 Å². The molecule has 0 aliphatic heterocycles. The highest BCUT2D eigenvalue weighted by atomic mass is 127. The van der Waals surface area contributed by atoms with Crippen molar-refractivity contribution in [2.45, 2.75) is 9.36 Å². The summed E-state index contributed by atoms with van der Waals surface area (Å²) in [7, 11) is -3.25. The van der Waals surface area contributed by atoms with Crippen molar-refractivity contribution in [1.82, 2.24) is 0 Å². The number of sulfone groups is 1. The average molecular weight is 341 g/mol. The lowest BCUT2D eigenvalue weighted by Crippen LogP contribution is -2.21. The molecular formula is C9H12INO3S. The summed E-state index contributed by atoms with van der Waals surface area (Å²) < 4.78 is 21.6. The third kappa shape index (κ3) is 3.32. The minimum atomic E-state index is -3.25. The van der Waals surface area contributed by atoms with Gasteiger partial charge in [0.1, 0.15) is 9.36 Å². The molecule has 0 saturated carbocycles. The van der Waals surface area contributed by atoms with E-state index in [-0.39, 0.29) is 0 Å². The Kier molecular flexibility index (Phi) is 3.96.